The fourth-order valence-electron chi connectivity index (χ4n) is 4.00. The van der Waals surface area contributed by atoms with Crippen molar-refractivity contribution in [3.8, 4) is 0 Å². The van der Waals surface area contributed by atoms with Crippen LogP contribution in [0.2, 0.25) is 0 Å². The first kappa shape index (κ1) is 17.9. The van der Waals surface area contributed by atoms with Gasteiger partial charge in [0.25, 0.3) is 0 Å². The van der Waals surface area contributed by atoms with Crippen LogP contribution in [-0.4, -0.2) is 58.5 Å². The highest BCUT2D eigenvalue weighted by Gasteiger charge is 2.44. The predicted molar refractivity (Wildman–Crippen MR) is 95.5 cm³/mol. The zero-order chi connectivity index (χ0) is 17.0. The van der Waals surface area contributed by atoms with Crippen LogP contribution in [0.4, 0.5) is 0 Å². The fourth-order valence-corrected chi connectivity index (χ4v) is 4.83. The summed E-state index contributed by atoms with van der Waals surface area (Å²) in [5, 5.41) is 0. The number of sulfonamides is 1. The predicted octanol–water partition coefficient (Wildman–Crippen LogP) is 1.65. The number of hydrogen-bond acceptors (Lipinski definition) is 4. The molecule has 6 heteroatoms. The summed E-state index contributed by atoms with van der Waals surface area (Å²) in [6, 6.07) is 10.5. The Hall–Kier alpha value is -0.950. The SMILES string of the molecule is CS(=O)(=O)N[C@@H]1COCCC12CCN(CCc1ccccc1)CC2. The molecule has 2 saturated heterocycles. The van der Waals surface area contributed by atoms with Gasteiger partial charge in [0, 0.05) is 13.2 Å². The van der Waals surface area contributed by atoms with Crippen LogP contribution in [0.25, 0.3) is 0 Å². The Kier molecular flexibility index (Phi) is 5.59. The third kappa shape index (κ3) is 4.57. The lowest BCUT2D eigenvalue weighted by Gasteiger charge is -2.49. The van der Waals surface area contributed by atoms with Crippen molar-refractivity contribution in [1.82, 2.24) is 9.62 Å². The van der Waals surface area contributed by atoms with E-state index in [9.17, 15) is 8.42 Å². The Morgan fingerprint density at radius 2 is 1.92 bits per heavy atom. The zero-order valence-corrected chi connectivity index (χ0v) is 15.2. The van der Waals surface area contributed by atoms with Gasteiger partial charge in [-0.05, 0) is 49.8 Å². The number of likely N-dealkylation sites (tertiary alicyclic amines) is 1. The molecule has 2 aliphatic rings. The number of nitrogens with zero attached hydrogens (tertiary/aromatic N) is 1. The van der Waals surface area contributed by atoms with Gasteiger partial charge in [0.15, 0.2) is 0 Å². The molecule has 1 atom stereocenters. The number of rotatable bonds is 5. The van der Waals surface area contributed by atoms with Crippen LogP contribution in [-0.2, 0) is 21.2 Å². The number of piperidine rings is 1. The van der Waals surface area contributed by atoms with Crippen LogP contribution < -0.4 is 4.72 Å². The summed E-state index contributed by atoms with van der Waals surface area (Å²) in [6.07, 6.45) is 5.34. The molecule has 0 aromatic heterocycles. The maximum absolute atomic E-state index is 11.7. The summed E-state index contributed by atoms with van der Waals surface area (Å²) < 4.78 is 31.7. The number of nitrogens with one attached hydrogen (secondary N) is 1. The molecule has 5 nitrogen and oxygen atoms in total. The van der Waals surface area contributed by atoms with Crippen molar-refractivity contribution in [3.05, 3.63) is 35.9 Å². The van der Waals surface area contributed by atoms with E-state index in [4.69, 9.17) is 4.74 Å². The molecule has 1 spiro atoms. The van der Waals surface area contributed by atoms with Crippen LogP contribution in [0.1, 0.15) is 24.8 Å². The van der Waals surface area contributed by atoms with E-state index >= 15 is 0 Å². The lowest BCUT2D eigenvalue weighted by molar-refractivity contribution is -0.0432. The average Bonchev–Trinajstić information content (AvgIpc) is 2.56. The van der Waals surface area contributed by atoms with E-state index in [0.717, 1.165) is 51.9 Å². The fraction of sp³-hybridized carbons (Fsp3) is 0.667. The molecule has 24 heavy (non-hydrogen) atoms. The first-order valence-corrected chi connectivity index (χ1v) is 10.7. The topological polar surface area (TPSA) is 58.6 Å². The van der Waals surface area contributed by atoms with Gasteiger partial charge in [-0.25, -0.2) is 13.1 Å². The largest absolute Gasteiger partial charge is 0.380 e. The second-order valence-corrected chi connectivity index (χ2v) is 8.99. The summed E-state index contributed by atoms with van der Waals surface area (Å²) in [4.78, 5) is 2.51. The molecule has 0 bridgehead atoms. The van der Waals surface area contributed by atoms with E-state index in [-0.39, 0.29) is 11.5 Å². The van der Waals surface area contributed by atoms with E-state index < -0.39 is 10.0 Å². The second kappa shape index (κ2) is 7.52. The van der Waals surface area contributed by atoms with Crippen molar-refractivity contribution < 1.29 is 13.2 Å². The Bertz CT molecular complexity index is 625. The standard InChI is InChI=1S/C18H28N2O3S/c1-24(21,22)19-17-15-23-14-10-18(17)8-12-20(13-9-18)11-7-16-5-3-2-4-6-16/h2-6,17,19H,7-15H2,1H3/t17-/m1/s1. The quantitative estimate of drug-likeness (QED) is 0.875. The van der Waals surface area contributed by atoms with E-state index in [0.29, 0.717) is 6.61 Å². The van der Waals surface area contributed by atoms with E-state index in [1.54, 1.807) is 0 Å². The lowest BCUT2D eigenvalue weighted by atomic mass is 9.69. The van der Waals surface area contributed by atoms with Crippen molar-refractivity contribution in [2.24, 2.45) is 5.41 Å². The first-order chi connectivity index (χ1) is 11.5. The third-order valence-corrected chi connectivity index (χ3v) is 6.25. The molecule has 0 radical (unpaired) electrons. The third-order valence-electron chi connectivity index (χ3n) is 5.54. The lowest BCUT2D eigenvalue weighted by Crippen LogP contribution is -2.57. The first-order valence-electron chi connectivity index (χ1n) is 8.78. The average molecular weight is 353 g/mol. The van der Waals surface area contributed by atoms with Crippen LogP contribution in [0.15, 0.2) is 30.3 Å². The maximum atomic E-state index is 11.7. The van der Waals surface area contributed by atoms with Gasteiger partial charge in [0.05, 0.1) is 18.9 Å². The van der Waals surface area contributed by atoms with Crippen molar-refractivity contribution in [2.75, 3.05) is 39.1 Å². The molecule has 3 rings (SSSR count). The Morgan fingerprint density at radius 1 is 1.21 bits per heavy atom. The maximum Gasteiger partial charge on any atom is 0.209 e. The molecule has 0 amide bonds. The highest BCUT2D eigenvalue weighted by Crippen LogP contribution is 2.41. The van der Waals surface area contributed by atoms with Crippen molar-refractivity contribution in [1.29, 1.82) is 0 Å². The van der Waals surface area contributed by atoms with Gasteiger partial charge in [-0.2, -0.15) is 0 Å². The summed E-state index contributed by atoms with van der Waals surface area (Å²) in [7, 11) is -3.20. The normalized spacial score (nSPS) is 25.0. The Balaban J connectivity index is 1.56. The minimum atomic E-state index is -3.20. The van der Waals surface area contributed by atoms with Gasteiger partial charge in [0.1, 0.15) is 0 Å². The van der Waals surface area contributed by atoms with E-state index in [2.05, 4.69) is 33.9 Å². The monoisotopic (exact) mass is 352 g/mol. The second-order valence-electron chi connectivity index (χ2n) is 7.21. The Labute approximate surface area is 145 Å². The molecule has 1 N–H and O–H groups in total. The number of hydrogen-bond donors (Lipinski definition) is 1. The Morgan fingerprint density at radius 3 is 2.58 bits per heavy atom. The van der Waals surface area contributed by atoms with Gasteiger partial charge < -0.3 is 9.64 Å². The summed E-state index contributed by atoms with van der Waals surface area (Å²) in [5.41, 5.74) is 1.44. The molecule has 0 saturated carbocycles. The minimum absolute atomic E-state index is 0.0601. The molecular weight excluding hydrogens is 324 g/mol. The van der Waals surface area contributed by atoms with Crippen LogP contribution in [0.3, 0.4) is 0 Å². The minimum Gasteiger partial charge on any atom is -0.380 e. The van der Waals surface area contributed by atoms with Gasteiger partial charge in [-0.1, -0.05) is 30.3 Å². The summed E-state index contributed by atoms with van der Waals surface area (Å²) in [5.74, 6) is 0. The van der Waals surface area contributed by atoms with E-state index in [1.807, 2.05) is 6.07 Å². The zero-order valence-electron chi connectivity index (χ0n) is 14.4. The smallest absolute Gasteiger partial charge is 0.209 e. The molecule has 2 heterocycles. The molecule has 1 aromatic carbocycles. The van der Waals surface area contributed by atoms with Crippen LogP contribution in [0.5, 0.6) is 0 Å². The van der Waals surface area contributed by atoms with Gasteiger partial charge in [-0.3, -0.25) is 0 Å². The van der Waals surface area contributed by atoms with Crippen LogP contribution in [0, 0.1) is 5.41 Å². The number of ether oxygens (including phenoxy) is 1. The van der Waals surface area contributed by atoms with Gasteiger partial charge >= 0.3 is 0 Å². The van der Waals surface area contributed by atoms with Crippen molar-refractivity contribution >= 4 is 10.0 Å². The summed E-state index contributed by atoms with van der Waals surface area (Å²) in [6.45, 7) is 4.38. The number of benzene rings is 1. The molecule has 1 aromatic rings. The highest BCUT2D eigenvalue weighted by molar-refractivity contribution is 7.88. The molecular formula is C18H28N2O3S. The summed E-state index contributed by atoms with van der Waals surface area (Å²) >= 11 is 0. The van der Waals surface area contributed by atoms with E-state index in [1.165, 1.54) is 11.8 Å². The highest BCUT2D eigenvalue weighted by atomic mass is 32.2. The molecule has 0 unspecified atom stereocenters. The molecule has 134 valence electrons. The molecule has 2 fully saturated rings. The molecule has 2 aliphatic heterocycles. The molecule has 0 aliphatic carbocycles. The van der Waals surface area contributed by atoms with Gasteiger partial charge in [-0.15, -0.1) is 0 Å². The van der Waals surface area contributed by atoms with Crippen molar-refractivity contribution in [2.45, 2.75) is 31.7 Å². The van der Waals surface area contributed by atoms with Crippen molar-refractivity contribution in [3.63, 3.8) is 0 Å². The van der Waals surface area contributed by atoms with Gasteiger partial charge in [0.2, 0.25) is 10.0 Å². The van der Waals surface area contributed by atoms with Crippen LogP contribution >= 0.6 is 0 Å².